The number of hydrogen-bond donors (Lipinski definition) is 1. The Morgan fingerprint density at radius 1 is 1.33 bits per heavy atom. The fraction of sp³-hybridized carbons (Fsp3) is 0.222. The number of benzene rings is 1. The molecular formula is C9H9NOS. The first-order chi connectivity index (χ1) is 5.66. The van der Waals surface area contributed by atoms with Crippen LogP contribution in [0, 0.1) is 13.8 Å². The number of aromatic hydroxyl groups is 1. The van der Waals surface area contributed by atoms with Crippen molar-refractivity contribution in [3.63, 3.8) is 0 Å². The average Bonchev–Trinajstić information content (AvgIpc) is 2.29. The second-order valence-electron chi connectivity index (χ2n) is 2.86. The molecule has 2 nitrogen and oxygen atoms in total. The van der Waals surface area contributed by atoms with Gasteiger partial charge in [-0.3, -0.25) is 0 Å². The Kier molecular flexibility index (Phi) is 1.54. The number of aryl methyl sites for hydroxylation is 2. The number of aromatic nitrogens is 1. The maximum atomic E-state index is 9.51. The highest BCUT2D eigenvalue weighted by Gasteiger charge is 2.05. The lowest BCUT2D eigenvalue weighted by molar-refractivity contribution is 0.480. The smallest absolute Gasteiger partial charge is 0.142 e. The van der Waals surface area contributed by atoms with Gasteiger partial charge in [0, 0.05) is 0 Å². The lowest BCUT2D eigenvalue weighted by atomic mass is 10.2. The van der Waals surface area contributed by atoms with Crippen LogP contribution in [0.4, 0.5) is 0 Å². The Hall–Kier alpha value is -1.09. The summed E-state index contributed by atoms with van der Waals surface area (Å²) in [5, 5.41) is 10.5. The average molecular weight is 179 g/mol. The van der Waals surface area contributed by atoms with Crippen LogP contribution in [0.3, 0.4) is 0 Å². The third kappa shape index (κ3) is 1.06. The summed E-state index contributed by atoms with van der Waals surface area (Å²) in [5.41, 5.74) is 1.80. The highest BCUT2D eigenvalue weighted by atomic mass is 32.1. The lowest BCUT2D eigenvalue weighted by Crippen LogP contribution is -1.74. The predicted molar refractivity (Wildman–Crippen MR) is 50.8 cm³/mol. The fourth-order valence-corrected chi connectivity index (χ4v) is 2.20. The summed E-state index contributed by atoms with van der Waals surface area (Å²) in [7, 11) is 0. The molecule has 0 unspecified atom stereocenters. The van der Waals surface area contributed by atoms with Crippen LogP contribution in [0.5, 0.6) is 5.75 Å². The van der Waals surface area contributed by atoms with Gasteiger partial charge in [-0.1, -0.05) is 0 Å². The first kappa shape index (κ1) is 7.55. The molecule has 1 aromatic carbocycles. The Morgan fingerprint density at radius 2 is 2.08 bits per heavy atom. The van der Waals surface area contributed by atoms with E-state index in [-0.39, 0.29) is 5.75 Å². The Labute approximate surface area is 74.5 Å². The molecule has 0 atom stereocenters. The number of fused-ring (bicyclic) bond motifs is 1. The maximum Gasteiger partial charge on any atom is 0.142 e. The van der Waals surface area contributed by atoms with E-state index in [1.54, 1.807) is 17.4 Å². The largest absolute Gasteiger partial charge is 0.506 e. The summed E-state index contributed by atoms with van der Waals surface area (Å²) in [5.74, 6) is 0.286. The molecule has 0 aliphatic carbocycles. The molecule has 2 rings (SSSR count). The van der Waals surface area contributed by atoms with Crippen molar-refractivity contribution in [2.45, 2.75) is 13.8 Å². The molecule has 1 heterocycles. The quantitative estimate of drug-likeness (QED) is 0.674. The Balaban J connectivity index is 2.88. The summed E-state index contributed by atoms with van der Waals surface area (Å²) < 4.78 is 1.06. The van der Waals surface area contributed by atoms with Crippen LogP contribution < -0.4 is 0 Å². The van der Waals surface area contributed by atoms with Gasteiger partial charge in [0.2, 0.25) is 0 Å². The molecule has 1 aromatic heterocycles. The molecule has 0 fully saturated rings. The van der Waals surface area contributed by atoms with Crippen molar-refractivity contribution in [2.24, 2.45) is 0 Å². The highest BCUT2D eigenvalue weighted by molar-refractivity contribution is 7.18. The van der Waals surface area contributed by atoms with Gasteiger partial charge >= 0.3 is 0 Å². The summed E-state index contributed by atoms with van der Waals surface area (Å²) >= 11 is 1.61. The van der Waals surface area contributed by atoms with Gasteiger partial charge in [0.15, 0.2) is 0 Å². The lowest BCUT2D eigenvalue weighted by Gasteiger charge is -1.94. The normalized spacial score (nSPS) is 10.8. The van der Waals surface area contributed by atoms with Gasteiger partial charge in [-0.05, 0) is 31.5 Å². The standard InChI is InChI=1S/C9H9NOS/c1-5-3-7(11)9-8(4-5)12-6(2)10-9/h3-4,11H,1-2H3. The molecule has 0 aliphatic heterocycles. The van der Waals surface area contributed by atoms with Crippen LogP contribution in [0.1, 0.15) is 10.6 Å². The molecular weight excluding hydrogens is 170 g/mol. The molecule has 0 saturated carbocycles. The summed E-state index contributed by atoms with van der Waals surface area (Å²) in [6.45, 7) is 3.91. The third-order valence-corrected chi connectivity index (χ3v) is 2.64. The molecule has 0 saturated heterocycles. The van der Waals surface area contributed by atoms with Crippen LogP contribution in [0.2, 0.25) is 0 Å². The molecule has 2 aromatic rings. The Morgan fingerprint density at radius 3 is 2.83 bits per heavy atom. The van der Waals surface area contributed by atoms with Gasteiger partial charge in [0.05, 0.1) is 9.71 Å². The number of nitrogens with zero attached hydrogens (tertiary/aromatic N) is 1. The maximum absolute atomic E-state index is 9.51. The minimum absolute atomic E-state index is 0.286. The van der Waals surface area contributed by atoms with E-state index in [1.807, 2.05) is 19.9 Å². The molecule has 12 heavy (non-hydrogen) atoms. The molecule has 1 N–H and O–H groups in total. The minimum atomic E-state index is 0.286. The van der Waals surface area contributed by atoms with Crippen LogP contribution in [0.25, 0.3) is 10.2 Å². The van der Waals surface area contributed by atoms with Crippen molar-refractivity contribution in [3.05, 3.63) is 22.7 Å². The number of hydrogen-bond acceptors (Lipinski definition) is 3. The zero-order chi connectivity index (χ0) is 8.72. The van der Waals surface area contributed by atoms with Gasteiger partial charge in [-0.15, -0.1) is 11.3 Å². The summed E-state index contributed by atoms with van der Waals surface area (Å²) in [6.07, 6.45) is 0. The van der Waals surface area contributed by atoms with E-state index in [4.69, 9.17) is 0 Å². The van der Waals surface area contributed by atoms with E-state index >= 15 is 0 Å². The van der Waals surface area contributed by atoms with Crippen molar-refractivity contribution in [1.29, 1.82) is 0 Å². The van der Waals surface area contributed by atoms with E-state index in [1.165, 1.54) is 0 Å². The number of thiazole rings is 1. The fourth-order valence-electron chi connectivity index (χ4n) is 1.26. The van der Waals surface area contributed by atoms with Crippen LogP contribution >= 0.6 is 11.3 Å². The van der Waals surface area contributed by atoms with Crippen molar-refractivity contribution in [3.8, 4) is 5.75 Å². The van der Waals surface area contributed by atoms with E-state index in [9.17, 15) is 5.11 Å². The Bertz CT molecular complexity index is 433. The molecule has 3 heteroatoms. The van der Waals surface area contributed by atoms with Crippen molar-refractivity contribution >= 4 is 21.6 Å². The van der Waals surface area contributed by atoms with Gasteiger partial charge in [-0.25, -0.2) is 4.98 Å². The van der Waals surface area contributed by atoms with Crippen molar-refractivity contribution < 1.29 is 5.11 Å². The van der Waals surface area contributed by atoms with Crippen LogP contribution in [-0.4, -0.2) is 10.1 Å². The number of phenolic OH excluding ortho intramolecular Hbond substituents is 1. The van der Waals surface area contributed by atoms with E-state index in [2.05, 4.69) is 4.98 Å². The van der Waals surface area contributed by atoms with Crippen LogP contribution in [0.15, 0.2) is 12.1 Å². The zero-order valence-electron chi connectivity index (χ0n) is 6.96. The summed E-state index contributed by atoms with van der Waals surface area (Å²) in [4.78, 5) is 4.22. The molecule has 62 valence electrons. The highest BCUT2D eigenvalue weighted by Crippen LogP contribution is 2.29. The second kappa shape index (κ2) is 2.45. The van der Waals surface area contributed by atoms with E-state index in [0.29, 0.717) is 0 Å². The van der Waals surface area contributed by atoms with Gasteiger partial charge < -0.3 is 5.11 Å². The summed E-state index contributed by atoms with van der Waals surface area (Å²) in [6, 6.07) is 3.78. The van der Waals surface area contributed by atoms with Crippen molar-refractivity contribution in [1.82, 2.24) is 4.98 Å². The van der Waals surface area contributed by atoms with Gasteiger partial charge in [0.25, 0.3) is 0 Å². The number of rotatable bonds is 0. The first-order valence-electron chi connectivity index (χ1n) is 3.73. The van der Waals surface area contributed by atoms with E-state index in [0.717, 1.165) is 20.8 Å². The molecule has 0 bridgehead atoms. The zero-order valence-corrected chi connectivity index (χ0v) is 7.77. The van der Waals surface area contributed by atoms with E-state index < -0.39 is 0 Å². The molecule has 0 amide bonds. The molecule has 0 aliphatic rings. The predicted octanol–water partition coefficient (Wildman–Crippen LogP) is 2.62. The first-order valence-corrected chi connectivity index (χ1v) is 4.55. The minimum Gasteiger partial charge on any atom is -0.506 e. The SMILES string of the molecule is Cc1cc(O)c2nc(C)sc2c1. The van der Waals surface area contributed by atoms with Gasteiger partial charge in [-0.2, -0.15) is 0 Å². The topological polar surface area (TPSA) is 33.1 Å². The molecule has 0 radical (unpaired) electrons. The third-order valence-electron chi connectivity index (χ3n) is 1.73. The monoisotopic (exact) mass is 179 g/mol. The van der Waals surface area contributed by atoms with Gasteiger partial charge in [0.1, 0.15) is 11.3 Å². The van der Waals surface area contributed by atoms with Crippen LogP contribution in [-0.2, 0) is 0 Å². The molecule has 0 spiro atoms. The van der Waals surface area contributed by atoms with Crippen molar-refractivity contribution in [2.75, 3.05) is 0 Å². The second-order valence-corrected chi connectivity index (χ2v) is 4.10. The number of phenols is 1.